The first-order valence-corrected chi connectivity index (χ1v) is 4.34. The summed E-state index contributed by atoms with van der Waals surface area (Å²) in [5.74, 6) is -0.121. The van der Waals surface area contributed by atoms with Crippen LogP contribution in [-0.2, 0) is 9.53 Å². The smallest absolute Gasteiger partial charge is 0.246 e. The van der Waals surface area contributed by atoms with Crippen LogP contribution in [0.1, 0.15) is 11.6 Å². The van der Waals surface area contributed by atoms with E-state index in [-0.39, 0.29) is 18.6 Å². The van der Waals surface area contributed by atoms with Crippen molar-refractivity contribution in [2.24, 2.45) is 0 Å². The number of nitrogens with one attached hydrogen (secondary N) is 1. The SMILES string of the molecule is Nc1ccncc1C1COCC(=O)N1. The van der Waals surface area contributed by atoms with E-state index in [0.717, 1.165) is 5.56 Å². The zero-order valence-corrected chi connectivity index (χ0v) is 7.56. The molecular weight excluding hydrogens is 182 g/mol. The Kier molecular flexibility index (Phi) is 2.32. The Morgan fingerprint density at radius 1 is 1.64 bits per heavy atom. The number of amides is 1. The van der Waals surface area contributed by atoms with Crippen LogP contribution in [0, 0.1) is 0 Å². The second-order valence-corrected chi connectivity index (χ2v) is 3.14. The number of nitrogens with zero attached hydrogens (tertiary/aromatic N) is 1. The Morgan fingerprint density at radius 3 is 3.21 bits per heavy atom. The summed E-state index contributed by atoms with van der Waals surface area (Å²) in [5.41, 5.74) is 7.18. The number of pyridine rings is 1. The molecule has 1 aromatic rings. The predicted octanol–water partition coefficient (Wildman–Crippen LogP) is -0.149. The van der Waals surface area contributed by atoms with Crippen molar-refractivity contribution in [3.8, 4) is 0 Å². The molecule has 0 aliphatic carbocycles. The van der Waals surface area contributed by atoms with E-state index in [0.29, 0.717) is 12.3 Å². The number of morpholine rings is 1. The number of rotatable bonds is 1. The molecule has 74 valence electrons. The van der Waals surface area contributed by atoms with Gasteiger partial charge in [0.05, 0.1) is 12.6 Å². The number of anilines is 1. The average molecular weight is 193 g/mol. The fourth-order valence-electron chi connectivity index (χ4n) is 1.42. The lowest BCUT2D eigenvalue weighted by Crippen LogP contribution is -2.40. The molecule has 14 heavy (non-hydrogen) atoms. The maximum Gasteiger partial charge on any atom is 0.246 e. The van der Waals surface area contributed by atoms with Crippen molar-refractivity contribution in [3.05, 3.63) is 24.0 Å². The minimum atomic E-state index is -0.176. The van der Waals surface area contributed by atoms with E-state index in [9.17, 15) is 4.79 Å². The van der Waals surface area contributed by atoms with E-state index in [1.54, 1.807) is 18.5 Å². The van der Waals surface area contributed by atoms with Crippen LogP contribution in [0.2, 0.25) is 0 Å². The molecule has 3 N–H and O–H groups in total. The molecule has 1 amide bonds. The van der Waals surface area contributed by atoms with Crippen LogP contribution in [0.15, 0.2) is 18.5 Å². The summed E-state index contributed by atoms with van der Waals surface area (Å²) in [4.78, 5) is 15.0. The number of aromatic nitrogens is 1. The van der Waals surface area contributed by atoms with Gasteiger partial charge >= 0.3 is 0 Å². The van der Waals surface area contributed by atoms with Gasteiger partial charge in [-0.05, 0) is 6.07 Å². The van der Waals surface area contributed by atoms with Crippen molar-refractivity contribution in [1.82, 2.24) is 10.3 Å². The first-order chi connectivity index (χ1) is 6.77. The fourth-order valence-corrected chi connectivity index (χ4v) is 1.42. The molecule has 1 aromatic heterocycles. The third-order valence-electron chi connectivity index (χ3n) is 2.12. The molecule has 5 nitrogen and oxygen atoms in total. The Labute approximate surface area is 81.3 Å². The molecule has 0 spiro atoms. The van der Waals surface area contributed by atoms with Crippen LogP contribution >= 0.6 is 0 Å². The Hall–Kier alpha value is -1.62. The number of hydrogen-bond acceptors (Lipinski definition) is 4. The highest BCUT2D eigenvalue weighted by atomic mass is 16.5. The molecule has 0 bridgehead atoms. The largest absolute Gasteiger partial charge is 0.398 e. The lowest BCUT2D eigenvalue weighted by molar-refractivity contribution is -0.131. The Bertz CT molecular complexity index is 354. The number of carbonyl (C=O) groups excluding carboxylic acids is 1. The first kappa shape index (κ1) is 8.96. The lowest BCUT2D eigenvalue weighted by atomic mass is 10.1. The van der Waals surface area contributed by atoms with Crippen molar-refractivity contribution >= 4 is 11.6 Å². The molecule has 1 aliphatic rings. The van der Waals surface area contributed by atoms with E-state index in [1.807, 2.05) is 0 Å². The number of ether oxygens (including phenoxy) is 1. The van der Waals surface area contributed by atoms with Crippen LogP contribution in [0.5, 0.6) is 0 Å². The van der Waals surface area contributed by atoms with Gasteiger partial charge in [-0.3, -0.25) is 9.78 Å². The second-order valence-electron chi connectivity index (χ2n) is 3.14. The molecule has 0 radical (unpaired) electrons. The number of hydrogen-bond donors (Lipinski definition) is 2. The van der Waals surface area contributed by atoms with Crippen LogP contribution in [0.3, 0.4) is 0 Å². The molecule has 1 saturated heterocycles. The van der Waals surface area contributed by atoms with Crippen LogP contribution in [0.25, 0.3) is 0 Å². The summed E-state index contributed by atoms with van der Waals surface area (Å²) in [6.45, 7) is 0.568. The van der Waals surface area contributed by atoms with Gasteiger partial charge < -0.3 is 15.8 Å². The van der Waals surface area contributed by atoms with Gasteiger partial charge in [-0.25, -0.2) is 0 Å². The molecule has 2 heterocycles. The van der Waals surface area contributed by atoms with Gasteiger partial charge in [0.2, 0.25) is 5.91 Å². The molecule has 0 aromatic carbocycles. The number of carbonyl (C=O) groups is 1. The van der Waals surface area contributed by atoms with Gasteiger partial charge in [0.1, 0.15) is 6.61 Å². The normalized spacial score (nSPS) is 21.7. The minimum Gasteiger partial charge on any atom is -0.398 e. The first-order valence-electron chi connectivity index (χ1n) is 4.34. The number of nitrogen functional groups attached to an aromatic ring is 1. The van der Waals surface area contributed by atoms with Crippen molar-refractivity contribution in [2.75, 3.05) is 18.9 Å². The molecular formula is C9H11N3O2. The highest BCUT2D eigenvalue weighted by Crippen LogP contribution is 2.20. The van der Waals surface area contributed by atoms with Gasteiger partial charge in [-0.2, -0.15) is 0 Å². The quantitative estimate of drug-likeness (QED) is 0.650. The van der Waals surface area contributed by atoms with Gasteiger partial charge in [-0.15, -0.1) is 0 Å². The fraction of sp³-hybridized carbons (Fsp3) is 0.333. The van der Waals surface area contributed by atoms with Crippen LogP contribution in [-0.4, -0.2) is 24.1 Å². The third kappa shape index (κ3) is 1.67. The summed E-state index contributed by atoms with van der Waals surface area (Å²) < 4.78 is 5.11. The maximum atomic E-state index is 11.1. The standard InChI is InChI=1S/C9H11N3O2/c10-7-1-2-11-3-6(7)8-4-14-5-9(13)12-8/h1-3,8H,4-5H2,(H2,10,11)(H,12,13). The van der Waals surface area contributed by atoms with E-state index in [4.69, 9.17) is 10.5 Å². The maximum absolute atomic E-state index is 11.1. The molecule has 1 aliphatic heterocycles. The van der Waals surface area contributed by atoms with E-state index in [2.05, 4.69) is 10.3 Å². The molecule has 5 heteroatoms. The summed E-state index contributed by atoms with van der Waals surface area (Å²) in [5, 5.41) is 2.79. The van der Waals surface area contributed by atoms with Gasteiger partial charge in [0.25, 0.3) is 0 Å². The van der Waals surface area contributed by atoms with Gasteiger partial charge in [0, 0.05) is 23.6 Å². The van der Waals surface area contributed by atoms with Crippen molar-refractivity contribution in [1.29, 1.82) is 0 Å². The monoisotopic (exact) mass is 193 g/mol. The summed E-state index contributed by atoms with van der Waals surface area (Å²) in [7, 11) is 0. The predicted molar refractivity (Wildman–Crippen MR) is 50.4 cm³/mol. The summed E-state index contributed by atoms with van der Waals surface area (Å²) in [6.07, 6.45) is 3.26. The third-order valence-corrected chi connectivity index (χ3v) is 2.12. The zero-order chi connectivity index (χ0) is 9.97. The van der Waals surface area contributed by atoms with E-state index >= 15 is 0 Å². The summed E-state index contributed by atoms with van der Waals surface area (Å²) >= 11 is 0. The Morgan fingerprint density at radius 2 is 2.50 bits per heavy atom. The van der Waals surface area contributed by atoms with Crippen LogP contribution in [0.4, 0.5) is 5.69 Å². The minimum absolute atomic E-state index is 0.121. The molecule has 1 atom stereocenters. The average Bonchev–Trinajstić information content (AvgIpc) is 2.18. The van der Waals surface area contributed by atoms with Crippen molar-refractivity contribution in [3.63, 3.8) is 0 Å². The van der Waals surface area contributed by atoms with E-state index in [1.165, 1.54) is 0 Å². The molecule has 1 unspecified atom stereocenters. The van der Waals surface area contributed by atoms with Gasteiger partial charge in [-0.1, -0.05) is 0 Å². The van der Waals surface area contributed by atoms with Crippen LogP contribution < -0.4 is 11.1 Å². The number of nitrogens with two attached hydrogens (primary N) is 1. The van der Waals surface area contributed by atoms with Crippen molar-refractivity contribution < 1.29 is 9.53 Å². The summed E-state index contributed by atoms with van der Waals surface area (Å²) in [6, 6.07) is 1.53. The molecule has 1 fully saturated rings. The lowest BCUT2D eigenvalue weighted by Gasteiger charge is -2.24. The molecule has 0 saturated carbocycles. The van der Waals surface area contributed by atoms with E-state index < -0.39 is 0 Å². The Balaban J connectivity index is 2.22. The molecule has 2 rings (SSSR count). The second kappa shape index (κ2) is 3.63. The highest BCUT2D eigenvalue weighted by Gasteiger charge is 2.21. The zero-order valence-electron chi connectivity index (χ0n) is 7.56. The van der Waals surface area contributed by atoms with Gasteiger partial charge in [0.15, 0.2) is 0 Å². The highest BCUT2D eigenvalue weighted by molar-refractivity contribution is 5.78. The topological polar surface area (TPSA) is 77.2 Å². The van der Waals surface area contributed by atoms with Crippen molar-refractivity contribution in [2.45, 2.75) is 6.04 Å².